The first kappa shape index (κ1) is 28.4. The van der Waals surface area contributed by atoms with Crippen LogP contribution in [-0.4, -0.2) is 56.4 Å². The number of pyridine rings is 2. The molecule has 1 aromatic carbocycles. The van der Waals surface area contributed by atoms with E-state index < -0.39 is 5.60 Å². The molecule has 0 atom stereocenters. The molecule has 9 nitrogen and oxygen atoms in total. The number of nitrogens with zero attached hydrogens (tertiary/aromatic N) is 5. The Kier molecular flexibility index (Phi) is 7.64. The molecule has 1 saturated heterocycles. The highest BCUT2D eigenvalue weighted by atomic mass is 35.5. The number of aromatic nitrogens is 3. The number of hydrogen-bond acceptors (Lipinski definition) is 7. The van der Waals surface area contributed by atoms with Crippen molar-refractivity contribution in [1.29, 1.82) is 5.26 Å². The summed E-state index contributed by atoms with van der Waals surface area (Å²) >= 11 is 6.32. The highest BCUT2D eigenvalue weighted by Gasteiger charge is 2.33. The molecule has 41 heavy (non-hydrogen) atoms. The number of rotatable bonds is 7. The molecule has 10 heteroatoms. The van der Waals surface area contributed by atoms with Crippen LogP contribution in [0.25, 0.3) is 16.6 Å². The third-order valence-corrected chi connectivity index (χ3v) is 7.73. The number of aryl methyl sites for hydroxylation is 1. The van der Waals surface area contributed by atoms with E-state index in [1.54, 1.807) is 36.8 Å². The normalized spacial score (nSPS) is 15.0. The van der Waals surface area contributed by atoms with Crippen molar-refractivity contribution in [3.05, 3.63) is 76.7 Å². The lowest BCUT2D eigenvalue weighted by molar-refractivity contribution is 0.0283. The van der Waals surface area contributed by atoms with Gasteiger partial charge in [0.05, 0.1) is 39.7 Å². The Balaban J connectivity index is 1.32. The number of carbonyl (C=O) groups excluding carboxylic acids is 1. The van der Waals surface area contributed by atoms with Crippen molar-refractivity contribution in [2.24, 2.45) is 0 Å². The number of carbonyl (C=O) groups is 1. The lowest BCUT2D eigenvalue weighted by atomic mass is 9.89. The molecule has 0 saturated carbocycles. The Morgan fingerprint density at radius 3 is 2.63 bits per heavy atom. The fraction of sp³-hybridized carbons (Fsp3) is 0.355. The molecule has 0 bridgehead atoms. The van der Waals surface area contributed by atoms with Gasteiger partial charge in [0, 0.05) is 36.0 Å². The summed E-state index contributed by atoms with van der Waals surface area (Å²) < 4.78 is 7.45. The van der Waals surface area contributed by atoms with Crippen LogP contribution in [0.1, 0.15) is 55.1 Å². The number of benzene rings is 1. The second kappa shape index (κ2) is 11.0. The van der Waals surface area contributed by atoms with E-state index >= 15 is 0 Å². The van der Waals surface area contributed by atoms with Crippen LogP contribution in [0.3, 0.4) is 0 Å². The van der Waals surface area contributed by atoms with Gasteiger partial charge in [0.15, 0.2) is 0 Å². The summed E-state index contributed by atoms with van der Waals surface area (Å²) in [6.07, 6.45) is 6.53. The zero-order valence-corrected chi connectivity index (χ0v) is 24.4. The quantitative estimate of drug-likeness (QED) is 0.314. The summed E-state index contributed by atoms with van der Waals surface area (Å²) in [6.45, 7) is 8.88. The van der Waals surface area contributed by atoms with Gasteiger partial charge in [-0.3, -0.25) is 4.79 Å². The standard InChI is InChI=1S/C31H33ClN6O3/c1-20-6-5-7-25(32)27(20)29(39)36-31(4)10-12-37(13-11-31)26-9-8-21(16-34-26)24-14-23(41-19-30(2,3)40)18-38-28(24)22(15-33)17-35-38/h5-9,14,16-18,40H,10-13,19H2,1-4H3,(H,36,39). The van der Waals surface area contributed by atoms with E-state index in [0.29, 0.717) is 27.4 Å². The summed E-state index contributed by atoms with van der Waals surface area (Å²) in [6, 6.07) is 13.5. The molecule has 1 fully saturated rings. The monoisotopic (exact) mass is 572 g/mol. The lowest BCUT2D eigenvalue weighted by Gasteiger charge is -2.40. The van der Waals surface area contributed by atoms with E-state index in [0.717, 1.165) is 48.4 Å². The number of aliphatic hydroxyl groups is 1. The van der Waals surface area contributed by atoms with Crippen LogP contribution in [0.5, 0.6) is 5.75 Å². The second-order valence-electron chi connectivity index (χ2n) is 11.5. The van der Waals surface area contributed by atoms with Crippen molar-refractivity contribution in [3.8, 4) is 22.9 Å². The molecule has 1 aliphatic rings. The van der Waals surface area contributed by atoms with E-state index in [1.807, 2.05) is 37.3 Å². The Labute approximate surface area is 244 Å². The molecule has 1 amide bonds. The lowest BCUT2D eigenvalue weighted by Crippen LogP contribution is -2.53. The minimum atomic E-state index is -0.999. The van der Waals surface area contributed by atoms with E-state index in [-0.39, 0.29) is 18.1 Å². The number of fused-ring (bicyclic) bond motifs is 1. The Morgan fingerprint density at radius 2 is 2.00 bits per heavy atom. The highest BCUT2D eigenvalue weighted by Crippen LogP contribution is 2.33. The van der Waals surface area contributed by atoms with Gasteiger partial charge in [-0.1, -0.05) is 23.7 Å². The summed E-state index contributed by atoms with van der Waals surface area (Å²) in [7, 11) is 0. The summed E-state index contributed by atoms with van der Waals surface area (Å²) in [5, 5.41) is 27.7. The number of hydrogen-bond donors (Lipinski definition) is 2. The Morgan fingerprint density at radius 1 is 1.24 bits per heavy atom. The van der Waals surface area contributed by atoms with Gasteiger partial charge >= 0.3 is 0 Å². The minimum absolute atomic E-state index is 0.105. The van der Waals surface area contributed by atoms with Crippen molar-refractivity contribution in [2.75, 3.05) is 24.6 Å². The van der Waals surface area contributed by atoms with Crippen LogP contribution in [0.2, 0.25) is 5.02 Å². The van der Waals surface area contributed by atoms with Crippen LogP contribution in [0.4, 0.5) is 5.82 Å². The third kappa shape index (κ3) is 6.14. The highest BCUT2D eigenvalue weighted by molar-refractivity contribution is 6.34. The molecule has 4 aromatic rings. The number of nitriles is 1. The molecule has 3 aromatic heterocycles. The zero-order chi connectivity index (χ0) is 29.4. The molecule has 0 spiro atoms. The van der Waals surface area contributed by atoms with E-state index in [4.69, 9.17) is 21.3 Å². The Hall–Kier alpha value is -4.13. The second-order valence-corrected chi connectivity index (χ2v) is 11.9. The first-order chi connectivity index (χ1) is 19.5. The molecule has 5 rings (SSSR count). The van der Waals surface area contributed by atoms with Crippen molar-refractivity contribution in [3.63, 3.8) is 0 Å². The van der Waals surface area contributed by atoms with Gasteiger partial charge in [0.25, 0.3) is 5.91 Å². The van der Waals surface area contributed by atoms with Crippen LogP contribution in [-0.2, 0) is 0 Å². The smallest absolute Gasteiger partial charge is 0.253 e. The summed E-state index contributed by atoms with van der Waals surface area (Å²) in [5.74, 6) is 1.21. The Bertz CT molecular complexity index is 1610. The maximum Gasteiger partial charge on any atom is 0.253 e. The average molecular weight is 573 g/mol. The van der Waals surface area contributed by atoms with E-state index in [9.17, 15) is 15.2 Å². The van der Waals surface area contributed by atoms with E-state index in [1.165, 1.54) is 6.20 Å². The molecule has 212 valence electrons. The van der Waals surface area contributed by atoms with Crippen molar-refractivity contribution < 1.29 is 14.6 Å². The van der Waals surface area contributed by atoms with Gasteiger partial charge in [0.2, 0.25) is 0 Å². The molecule has 2 N–H and O–H groups in total. The van der Waals surface area contributed by atoms with Gasteiger partial charge in [-0.25, -0.2) is 9.50 Å². The van der Waals surface area contributed by atoms with Crippen LogP contribution < -0.4 is 15.0 Å². The number of amides is 1. The van der Waals surface area contributed by atoms with Gasteiger partial charge in [-0.15, -0.1) is 0 Å². The predicted molar refractivity (Wildman–Crippen MR) is 158 cm³/mol. The molecule has 0 unspecified atom stereocenters. The number of piperidine rings is 1. The predicted octanol–water partition coefficient (Wildman–Crippen LogP) is 5.17. The maximum absolute atomic E-state index is 13.0. The third-order valence-electron chi connectivity index (χ3n) is 7.41. The van der Waals surface area contributed by atoms with Crippen LogP contribution >= 0.6 is 11.6 Å². The van der Waals surface area contributed by atoms with Crippen molar-refractivity contribution in [1.82, 2.24) is 19.9 Å². The number of anilines is 1. The van der Waals surface area contributed by atoms with Gasteiger partial charge in [-0.2, -0.15) is 10.4 Å². The van der Waals surface area contributed by atoms with Crippen molar-refractivity contribution >= 4 is 28.8 Å². The topological polar surface area (TPSA) is 116 Å². The first-order valence-corrected chi connectivity index (χ1v) is 13.9. The minimum Gasteiger partial charge on any atom is -0.489 e. The average Bonchev–Trinajstić information content (AvgIpc) is 3.34. The fourth-order valence-electron chi connectivity index (χ4n) is 5.08. The van der Waals surface area contributed by atoms with E-state index in [2.05, 4.69) is 28.3 Å². The molecule has 0 aliphatic carbocycles. The molecular formula is C31H33ClN6O3. The molecule has 0 radical (unpaired) electrons. The van der Waals surface area contributed by atoms with Crippen LogP contribution in [0.15, 0.2) is 55.0 Å². The van der Waals surface area contributed by atoms with Crippen molar-refractivity contribution in [2.45, 2.75) is 51.7 Å². The van der Waals surface area contributed by atoms with Gasteiger partial charge < -0.3 is 20.1 Å². The van der Waals surface area contributed by atoms with Crippen LogP contribution in [0, 0.1) is 18.3 Å². The van der Waals surface area contributed by atoms with Gasteiger partial charge in [-0.05, 0) is 70.4 Å². The number of ether oxygens (including phenoxy) is 1. The maximum atomic E-state index is 13.0. The number of nitrogens with one attached hydrogen (secondary N) is 1. The molecule has 1 aliphatic heterocycles. The molecular weight excluding hydrogens is 540 g/mol. The zero-order valence-electron chi connectivity index (χ0n) is 23.6. The first-order valence-electron chi connectivity index (χ1n) is 13.5. The summed E-state index contributed by atoms with van der Waals surface area (Å²) in [5.41, 5.74) is 2.70. The largest absolute Gasteiger partial charge is 0.489 e. The number of halogens is 1. The summed E-state index contributed by atoms with van der Waals surface area (Å²) in [4.78, 5) is 20.0. The van der Waals surface area contributed by atoms with Gasteiger partial charge in [0.1, 0.15) is 24.2 Å². The molecule has 4 heterocycles. The SMILES string of the molecule is Cc1cccc(Cl)c1C(=O)NC1(C)CCN(c2ccc(-c3cc(OCC(C)(C)O)cn4ncc(C#N)c34)cn2)CC1. The fourth-order valence-corrected chi connectivity index (χ4v) is 5.39.